The summed E-state index contributed by atoms with van der Waals surface area (Å²) in [4.78, 5) is 14.2. The van der Waals surface area contributed by atoms with Gasteiger partial charge < -0.3 is 15.2 Å². The van der Waals surface area contributed by atoms with Crippen molar-refractivity contribution in [2.24, 2.45) is 0 Å². The Kier molecular flexibility index (Phi) is 5.59. The van der Waals surface area contributed by atoms with Gasteiger partial charge in [0.05, 0.1) is 30.5 Å². The molecule has 1 unspecified atom stereocenters. The number of rotatable bonds is 4. The first kappa shape index (κ1) is 16.7. The van der Waals surface area contributed by atoms with E-state index in [0.29, 0.717) is 19.6 Å². The smallest absolute Gasteiger partial charge is 0.238 e. The zero-order valence-electron chi connectivity index (χ0n) is 12.3. The van der Waals surface area contributed by atoms with Crippen LogP contribution in [0.15, 0.2) is 24.3 Å². The van der Waals surface area contributed by atoms with Gasteiger partial charge in [-0.25, -0.2) is 0 Å². The van der Waals surface area contributed by atoms with Crippen molar-refractivity contribution in [2.75, 3.05) is 31.6 Å². The molecule has 0 aliphatic carbocycles. The van der Waals surface area contributed by atoms with Crippen LogP contribution in [-0.2, 0) is 9.53 Å². The predicted molar refractivity (Wildman–Crippen MR) is 90.3 cm³/mol. The van der Waals surface area contributed by atoms with Crippen LogP contribution in [0.25, 0.3) is 0 Å². The highest BCUT2D eigenvalue weighted by Gasteiger charge is 2.33. The Hall–Kier alpha value is -0.700. The van der Waals surface area contributed by atoms with Gasteiger partial charge in [-0.3, -0.25) is 9.69 Å². The third-order valence-corrected chi connectivity index (χ3v) is 4.21. The molecule has 1 heterocycles. The Bertz CT molecular complexity index is 507. The number of aliphatic hydroxyl groups is 1. The first-order valence-corrected chi connectivity index (χ1v) is 8.03. The SMILES string of the molecule is CC1(C)CN(CC(=O)Nc2ccccc2I)CC(CO)O1. The Labute approximate surface area is 138 Å². The molecule has 1 aromatic carbocycles. The van der Waals surface area contributed by atoms with Gasteiger partial charge in [0.15, 0.2) is 0 Å². The fraction of sp³-hybridized carbons (Fsp3) is 0.533. The number of morpholine rings is 1. The number of hydrogen-bond acceptors (Lipinski definition) is 4. The number of halogens is 1. The van der Waals surface area contributed by atoms with Gasteiger partial charge >= 0.3 is 0 Å². The van der Waals surface area contributed by atoms with Crippen molar-refractivity contribution in [1.82, 2.24) is 4.90 Å². The van der Waals surface area contributed by atoms with Crippen LogP contribution in [0.3, 0.4) is 0 Å². The summed E-state index contributed by atoms with van der Waals surface area (Å²) in [6, 6.07) is 7.68. The number of carbonyl (C=O) groups excluding carboxylic acids is 1. The van der Waals surface area contributed by atoms with E-state index in [4.69, 9.17) is 4.74 Å². The summed E-state index contributed by atoms with van der Waals surface area (Å²) in [6.07, 6.45) is -0.238. The molecule has 6 heteroatoms. The Morgan fingerprint density at radius 1 is 1.52 bits per heavy atom. The number of carbonyl (C=O) groups is 1. The summed E-state index contributed by atoms with van der Waals surface area (Å²) in [5.41, 5.74) is 0.474. The van der Waals surface area contributed by atoms with Crippen molar-refractivity contribution >= 4 is 34.2 Å². The molecule has 0 bridgehead atoms. The molecule has 21 heavy (non-hydrogen) atoms. The van der Waals surface area contributed by atoms with Gasteiger partial charge in [0.1, 0.15) is 0 Å². The molecule has 0 saturated carbocycles. The quantitative estimate of drug-likeness (QED) is 0.751. The van der Waals surface area contributed by atoms with Gasteiger partial charge in [-0.1, -0.05) is 12.1 Å². The lowest BCUT2D eigenvalue weighted by Gasteiger charge is -2.42. The van der Waals surface area contributed by atoms with Crippen LogP contribution < -0.4 is 5.32 Å². The van der Waals surface area contributed by atoms with Gasteiger partial charge in [0.25, 0.3) is 0 Å². The molecular formula is C15H21IN2O3. The van der Waals surface area contributed by atoms with Crippen molar-refractivity contribution in [3.63, 3.8) is 0 Å². The van der Waals surface area contributed by atoms with Crippen LogP contribution >= 0.6 is 22.6 Å². The molecule has 1 atom stereocenters. The molecular weight excluding hydrogens is 383 g/mol. The third kappa shape index (κ3) is 4.91. The van der Waals surface area contributed by atoms with E-state index in [9.17, 15) is 9.90 Å². The van der Waals surface area contributed by atoms with E-state index in [1.165, 1.54) is 0 Å². The molecule has 0 spiro atoms. The maximum Gasteiger partial charge on any atom is 0.238 e. The van der Waals surface area contributed by atoms with E-state index in [-0.39, 0.29) is 24.2 Å². The highest BCUT2D eigenvalue weighted by molar-refractivity contribution is 14.1. The van der Waals surface area contributed by atoms with E-state index >= 15 is 0 Å². The van der Waals surface area contributed by atoms with E-state index in [1.807, 2.05) is 43.0 Å². The van der Waals surface area contributed by atoms with Crippen molar-refractivity contribution in [3.05, 3.63) is 27.8 Å². The first-order chi connectivity index (χ1) is 9.89. The monoisotopic (exact) mass is 404 g/mol. The second-order valence-electron chi connectivity index (χ2n) is 5.88. The van der Waals surface area contributed by atoms with Crippen molar-refractivity contribution in [3.8, 4) is 0 Å². The maximum atomic E-state index is 12.2. The molecule has 0 aromatic heterocycles. The first-order valence-electron chi connectivity index (χ1n) is 6.95. The number of aliphatic hydroxyl groups excluding tert-OH is 1. The lowest BCUT2D eigenvalue weighted by molar-refractivity contribution is -0.151. The molecule has 0 radical (unpaired) electrons. The Morgan fingerprint density at radius 2 is 2.24 bits per heavy atom. The normalized spacial score (nSPS) is 22.0. The van der Waals surface area contributed by atoms with E-state index < -0.39 is 0 Å². The van der Waals surface area contributed by atoms with Crippen LogP contribution in [-0.4, -0.2) is 53.9 Å². The third-order valence-electron chi connectivity index (χ3n) is 3.27. The molecule has 1 aromatic rings. The second kappa shape index (κ2) is 7.04. The molecule has 116 valence electrons. The zero-order chi connectivity index (χ0) is 15.5. The summed E-state index contributed by atoms with van der Waals surface area (Å²) < 4.78 is 6.76. The fourth-order valence-electron chi connectivity index (χ4n) is 2.59. The summed E-state index contributed by atoms with van der Waals surface area (Å²) in [6.45, 7) is 5.45. The van der Waals surface area contributed by atoms with Crippen LogP contribution in [0.4, 0.5) is 5.69 Å². The van der Waals surface area contributed by atoms with Gasteiger partial charge in [-0.2, -0.15) is 0 Å². The average molecular weight is 404 g/mol. The van der Waals surface area contributed by atoms with Crippen LogP contribution in [0, 0.1) is 3.57 Å². The molecule has 1 saturated heterocycles. The fourth-order valence-corrected chi connectivity index (χ4v) is 3.11. The molecule has 1 amide bonds. The highest BCUT2D eigenvalue weighted by Crippen LogP contribution is 2.21. The van der Waals surface area contributed by atoms with Crippen molar-refractivity contribution in [1.29, 1.82) is 0 Å². The van der Waals surface area contributed by atoms with E-state index in [1.54, 1.807) is 0 Å². The predicted octanol–water partition coefficient (Wildman–Crippen LogP) is 1.70. The second-order valence-corrected chi connectivity index (χ2v) is 7.04. The molecule has 1 aliphatic rings. The Morgan fingerprint density at radius 3 is 2.90 bits per heavy atom. The van der Waals surface area contributed by atoms with E-state index in [2.05, 4.69) is 27.9 Å². The van der Waals surface area contributed by atoms with Gasteiger partial charge in [0, 0.05) is 16.7 Å². The number of amides is 1. The molecule has 5 nitrogen and oxygen atoms in total. The lowest BCUT2D eigenvalue weighted by Crippen LogP contribution is -2.55. The summed E-state index contributed by atoms with van der Waals surface area (Å²) in [5.74, 6) is -0.0477. The number of ether oxygens (including phenoxy) is 1. The minimum atomic E-state index is -0.354. The average Bonchev–Trinajstić information content (AvgIpc) is 2.39. The molecule has 2 rings (SSSR count). The van der Waals surface area contributed by atoms with Crippen molar-refractivity contribution < 1.29 is 14.6 Å². The number of hydrogen-bond donors (Lipinski definition) is 2. The van der Waals surface area contributed by atoms with Crippen LogP contribution in [0.1, 0.15) is 13.8 Å². The lowest BCUT2D eigenvalue weighted by atomic mass is 10.1. The maximum absolute atomic E-state index is 12.2. The van der Waals surface area contributed by atoms with Gasteiger partial charge in [0.2, 0.25) is 5.91 Å². The summed E-state index contributed by atoms with van der Waals surface area (Å²) in [7, 11) is 0. The molecule has 1 aliphatic heterocycles. The number of para-hydroxylation sites is 1. The number of nitrogens with zero attached hydrogens (tertiary/aromatic N) is 1. The Balaban J connectivity index is 1.94. The highest BCUT2D eigenvalue weighted by atomic mass is 127. The van der Waals surface area contributed by atoms with E-state index in [0.717, 1.165) is 9.26 Å². The van der Waals surface area contributed by atoms with Crippen LogP contribution in [0.5, 0.6) is 0 Å². The standard InChI is InChI=1S/C15H21IN2O3/c1-15(2)10-18(7-11(9-19)21-15)8-14(20)17-13-6-4-3-5-12(13)16/h3-6,11,19H,7-10H2,1-2H3,(H,17,20). The van der Waals surface area contributed by atoms with Crippen molar-refractivity contribution in [2.45, 2.75) is 25.6 Å². The summed E-state index contributed by atoms with van der Waals surface area (Å²) in [5, 5.41) is 12.2. The number of nitrogens with one attached hydrogen (secondary N) is 1. The van der Waals surface area contributed by atoms with Gasteiger partial charge in [-0.15, -0.1) is 0 Å². The number of anilines is 1. The van der Waals surface area contributed by atoms with Gasteiger partial charge in [-0.05, 0) is 48.6 Å². The minimum Gasteiger partial charge on any atom is -0.394 e. The van der Waals surface area contributed by atoms with Crippen LogP contribution in [0.2, 0.25) is 0 Å². The zero-order valence-corrected chi connectivity index (χ0v) is 14.5. The minimum absolute atomic E-state index is 0.0296. The molecule has 2 N–H and O–H groups in total. The summed E-state index contributed by atoms with van der Waals surface area (Å²) >= 11 is 2.20. The topological polar surface area (TPSA) is 61.8 Å². The largest absolute Gasteiger partial charge is 0.394 e. The number of benzene rings is 1. The molecule has 1 fully saturated rings.